The van der Waals surface area contributed by atoms with Crippen molar-refractivity contribution in [3.05, 3.63) is 34.9 Å². The molecule has 3 nitrogen and oxygen atoms in total. The first-order valence-electron chi connectivity index (χ1n) is 7.35. The molecule has 1 heterocycles. The van der Waals surface area contributed by atoms with E-state index in [1.807, 2.05) is 0 Å². The minimum atomic E-state index is 0.228. The maximum Gasteiger partial charge on any atom is 0.0575 e. The van der Waals surface area contributed by atoms with Gasteiger partial charge in [-0.25, -0.2) is 0 Å². The van der Waals surface area contributed by atoms with E-state index < -0.39 is 0 Å². The summed E-state index contributed by atoms with van der Waals surface area (Å²) in [6.45, 7) is 5.20. The maximum atomic E-state index is 5.79. The van der Waals surface area contributed by atoms with Gasteiger partial charge in [-0.15, -0.1) is 0 Å². The number of hydrogen-bond acceptors (Lipinski definition) is 3. The Balaban J connectivity index is 1.95. The van der Waals surface area contributed by atoms with Crippen molar-refractivity contribution in [3.8, 4) is 0 Å². The standard InChI is InChI=1S/C16H26N2O/c1-12-6-8-15(13(2)11-12)16(18-17)9-7-14-5-3-4-10-19-14/h6,8,11,14,16,18H,3-5,7,9-10,17H2,1-2H3. The third kappa shape index (κ3) is 4.03. The lowest BCUT2D eigenvalue weighted by Crippen LogP contribution is -2.30. The van der Waals surface area contributed by atoms with Crippen molar-refractivity contribution >= 4 is 0 Å². The van der Waals surface area contributed by atoms with Crippen LogP contribution in [0.4, 0.5) is 0 Å². The summed E-state index contributed by atoms with van der Waals surface area (Å²) in [6, 6.07) is 6.79. The van der Waals surface area contributed by atoms with E-state index in [9.17, 15) is 0 Å². The second kappa shape index (κ2) is 7.04. The normalized spacial score (nSPS) is 21.3. The lowest BCUT2D eigenvalue weighted by Gasteiger charge is -2.25. The molecule has 106 valence electrons. The fraction of sp³-hybridized carbons (Fsp3) is 0.625. The zero-order valence-electron chi connectivity index (χ0n) is 12.1. The van der Waals surface area contributed by atoms with Gasteiger partial charge < -0.3 is 4.74 Å². The van der Waals surface area contributed by atoms with Gasteiger partial charge in [0, 0.05) is 12.6 Å². The van der Waals surface area contributed by atoms with E-state index in [0.717, 1.165) is 19.4 Å². The Morgan fingerprint density at radius 1 is 1.37 bits per heavy atom. The van der Waals surface area contributed by atoms with Gasteiger partial charge in [0.2, 0.25) is 0 Å². The van der Waals surface area contributed by atoms with E-state index in [1.165, 1.54) is 36.0 Å². The van der Waals surface area contributed by atoms with Crippen LogP contribution >= 0.6 is 0 Å². The van der Waals surface area contributed by atoms with Crippen molar-refractivity contribution < 1.29 is 4.74 Å². The monoisotopic (exact) mass is 262 g/mol. The van der Waals surface area contributed by atoms with Crippen LogP contribution in [0.15, 0.2) is 18.2 Å². The lowest BCUT2D eigenvalue weighted by atomic mass is 9.94. The number of benzene rings is 1. The zero-order valence-corrected chi connectivity index (χ0v) is 12.1. The van der Waals surface area contributed by atoms with Gasteiger partial charge in [-0.2, -0.15) is 0 Å². The van der Waals surface area contributed by atoms with Gasteiger partial charge in [0.25, 0.3) is 0 Å². The zero-order chi connectivity index (χ0) is 13.7. The van der Waals surface area contributed by atoms with Crippen LogP contribution in [0.2, 0.25) is 0 Å². The van der Waals surface area contributed by atoms with Gasteiger partial charge in [-0.1, -0.05) is 23.8 Å². The van der Waals surface area contributed by atoms with Crippen LogP contribution in [-0.4, -0.2) is 12.7 Å². The van der Waals surface area contributed by atoms with Gasteiger partial charge in [0.15, 0.2) is 0 Å². The van der Waals surface area contributed by atoms with Crippen LogP contribution in [0, 0.1) is 13.8 Å². The molecule has 1 fully saturated rings. The second-order valence-corrected chi connectivity index (χ2v) is 5.65. The van der Waals surface area contributed by atoms with Crippen molar-refractivity contribution in [1.82, 2.24) is 5.43 Å². The lowest BCUT2D eigenvalue weighted by molar-refractivity contribution is 0.00853. The van der Waals surface area contributed by atoms with Crippen LogP contribution < -0.4 is 11.3 Å². The van der Waals surface area contributed by atoms with E-state index in [1.54, 1.807) is 0 Å². The Morgan fingerprint density at radius 2 is 2.21 bits per heavy atom. The summed E-state index contributed by atoms with van der Waals surface area (Å²) in [5.74, 6) is 5.74. The molecule has 3 N–H and O–H groups in total. The summed E-state index contributed by atoms with van der Waals surface area (Å²) in [5.41, 5.74) is 6.88. The molecule has 0 saturated carbocycles. The molecule has 2 atom stereocenters. The van der Waals surface area contributed by atoms with Crippen molar-refractivity contribution in [3.63, 3.8) is 0 Å². The summed E-state index contributed by atoms with van der Waals surface area (Å²) < 4.78 is 5.79. The minimum Gasteiger partial charge on any atom is -0.378 e. The largest absolute Gasteiger partial charge is 0.378 e. The first-order chi connectivity index (χ1) is 9.20. The molecular formula is C16H26N2O. The molecule has 2 unspecified atom stereocenters. The molecule has 0 aliphatic carbocycles. The maximum absolute atomic E-state index is 5.79. The Labute approximate surface area is 116 Å². The topological polar surface area (TPSA) is 47.3 Å². The fourth-order valence-corrected chi connectivity index (χ4v) is 2.93. The summed E-state index contributed by atoms with van der Waals surface area (Å²) in [5, 5.41) is 0. The SMILES string of the molecule is Cc1ccc(C(CCC2CCCCO2)NN)c(C)c1. The first kappa shape index (κ1) is 14.5. The van der Waals surface area contributed by atoms with Crippen molar-refractivity contribution in [2.75, 3.05) is 6.61 Å². The highest BCUT2D eigenvalue weighted by Gasteiger charge is 2.18. The fourth-order valence-electron chi connectivity index (χ4n) is 2.93. The van der Waals surface area contributed by atoms with Gasteiger partial charge in [0.1, 0.15) is 0 Å². The third-order valence-corrected chi connectivity index (χ3v) is 4.05. The molecule has 0 bridgehead atoms. The second-order valence-electron chi connectivity index (χ2n) is 5.65. The molecular weight excluding hydrogens is 236 g/mol. The van der Waals surface area contributed by atoms with Gasteiger partial charge >= 0.3 is 0 Å². The van der Waals surface area contributed by atoms with Gasteiger partial charge in [0.05, 0.1) is 6.10 Å². The average molecular weight is 262 g/mol. The molecule has 1 saturated heterocycles. The van der Waals surface area contributed by atoms with Crippen LogP contribution in [0.3, 0.4) is 0 Å². The molecule has 1 aliphatic heterocycles. The van der Waals surface area contributed by atoms with Crippen molar-refractivity contribution in [2.45, 2.75) is 58.1 Å². The molecule has 1 aromatic rings. The predicted molar refractivity (Wildman–Crippen MR) is 78.8 cm³/mol. The van der Waals surface area contributed by atoms with E-state index in [4.69, 9.17) is 10.6 Å². The molecule has 2 rings (SSSR count). The van der Waals surface area contributed by atoms with E-state index in [2.05, 4.69) is 37.5 Å². The van der Waals surface area contributed by atoms with Crippen molar-refractivity contribution in [1.29, 1.82) is 0 Å². The number of hydrogen-bond donors (Lipinski definition) is 2. The highest BCUT2D eigenvalue weighted by Crippen LogP contribution is 2.25. The number of rotatable bonds is 5. The molecule has 0 aromatic heterocycles. The van der Waals surface area contributed by atoms with Crippen LogP contribution in [0.5, 0.6) is 0 Å². The number of hydrazine groups is 1. The summed E-state index contributed by atoms with van der Waals surface area (Å²) in [4.78, 5) is 0. The quantitative estimate of drug-likeness (QED) is 0.633. The molecule has 0 radical (unpaired) electrons. The molecule has 0 amide bonds. The molecule has 0 spiro atoms. The molecule has 19 heavy (non-hydrogen) atoms. The van der Waals surface area contributed by atoms with E-state index in [0.29, 0.717) is 6.10 Å². The summed E-state index contributed by atoms with van der Waals surface area (Å²) in [7, 11) is 0. The van der Waals surface area contributed by atoms with Crippen LogP contribution in [0.1, 0.15) is 54.8 Å². The third-order valence-electron chi connectivity index (χ3n) is 4.05. The highest BCUT2D eigenvalue weighted by molar-refractivity contribution is 5.32. The number of nitrogens with one attached hydrogen (secondary N) is 1. The molecule has 1 aromatic carbocycles. The van der Waals surface area contributed by atoms with Crippen LogP contribution in [-0.2, 0) is 4.74 Å². The Morgan fingerprint density at radius 3 is 2.84 bits per heavy atom. The van der Waals surface area contributed by atoms with Gasteiger partial charge in [-0.05, 0) is 57.1 Å². The van der Waals surface area contributed by atoms with Crippen LogP contribution in [0.25, 0.3) is 0 Å². The predicted octanol–water partition coefficient (Wildman–Crippen LogP) is 3.16. The van der Waals surface area contributed by atoms with E-state index in [-0.39, 0.29) is 6.04 Å². The van der Waals surface area contributed by atoms with E-state index >= 15 is 0 Å². The number of ether oxygens (including phenoxy) is 1. The van der Waals surface area contributed by atoms with Crippen molar-refractivity contribution in [2.24, 2.45) is 5.84 Å². The average Bonchev–Trinajstić information content (AvgIpc) is 2.42. The molecule has 3 heteroatoms. The Kier molecular flexibility index (Phi) is 5.37. The Bertz CT molecular complexity index is 400. The summed E-state index contributed by atoms with van der Waals surface area (Å²) >= 11 is 0. The summed E-state index contributed by atoms with van der Waals surface area (Å²) in [6.07, 6.45) is 6.26. The smallest absolute Gasteiger partial charge is 0.0575 e. The van der Waals surface area contributed by atoms with Gasteiger partial charge in [-0.3, -0.25) is 11.3 Å². The highest BCUT2D eigenvalue weighted by atomic mass is 16.5. The number of nitrogens with two attached hydrogens (primary N) is 1. The number of aryl methyl sites for hydroxylation is 2. The molecule has 1 aliphatic rings. The Hall–Kier alpha value is -0.900. The minimum absolute atomic E-state index is 0.228. The first-order valence-corrected chi connectivity index (χ1v) is 7.35.